The van der Waals surface area contributed by atoms with E-state index in [9.17, 15) is 4.39 Å². The normalized spacial score (nSPS) is 12.4. The van der Waals surface area contributed by atoms with Gasteiger partial charge in [-0.25, -0.2) is 4.39 Å². The van der Waals surface area contributed by atoms with Crippen LogP contribution in [0.2, 0.25) is 5.02 Å². The Morgan fingerprint density at radius 3 is 2.53 bits per heavy atom. The molecule has 1 heterocycles. The van der Waals surface area contributed by atoms with Gasteiger partial charge in [-0.2, -0.15) is 0 Å². The minimum absolute atomic E-state index is 0.310. The summed E-state index contributed by atoms with van der Waals surface area (Å²) in [7, 11) is 0. The van der Waals surface area contributed by atoms with Crippen LogP contribution in [0.25, 0.3) is 10.9 Å². The topological polar surface area (TPSA) is 17.0 Å². The highest BCUT2D eigenvalue weighted by molar-refractivity contribution is 6.31. The monoisotopic (exact) mass is 420 g/mol. The second kappa shape index (κ2) is 9.46. The van der Waals surface area contributed by atoms with Gasteiger partial charge in [0.1, 0.15) is 5.82 Å². The standard InChI is InChI=1S/C26H26ClFN2/c1-19(11-12-20-7-3-2-4-8-20)29-16-22-18-30(26-10-6-5-9-24(22)26)17-21-13-14-23(28)15-25(21)27/h2-10,13-15,18-19,29H,11-12,16-17H2,1H3/t19-/m0/s1. The van der Waals surface area contributed by atoms with E-state index < -0.39 is 0 Å². The largest absolute Gasteiger partial charge is 0.343 e. The average molecular weight is 421 g/mol. The number of rotatable bonds is 8. The first-order valence-electron chi connectivity index (χ1n) is 10.4. The Hall–Kier alpha value is -2.62. The van der Waals surface area contributed by atoms with Gasteiger partial charge in [-0.1, -0.05) is 66.2 Å². The van der Waals surface area contributed by atoms with Crippen molar-refractivity contribution >= 4 is 22.5 Å². The van der Waals surface area contributed by atoms with Crippen LogP contribution in [0, 0.1) is 5.82 Å². The quantitative estimate of drug-likeness (QED) is 0.340. The Kier molecular flexibility index (Phi) is 6.51. The van der Waals surface area contributed by atoms with Crippen LogP contribution in [0.15, 0.2) is 79.0 Å². The van der Waals surface area contributed by atoms with Crippen molar-refractivity contribution < 1.29 is 4.39 Å². The third-order valence-electron chi connectivity index (χ3n) is 5.58. The highest BCUT2D eigenvalue weighted by Crippen LogP contribution is 2.25. The number of aryl methyl sites for hydroxylation is 1. The number of aromatic nitrogens is 1. The zero-order chi connectivity index (χ0) is 20.9. The van der Waals surface area contributed by atoms with E-state index in [-0.39, 0.29) is 5.82 Å². The van der Waals surface area contributed by atoms with Crippen LogP contribution >= 0.6 is 11.6 Å². The van der Waals surface area contributed by atoms with Crippen LogP contribution < -0.4 is 5.32 Å². The lowest BCUT2D eigenvalue weighted by Crippen LogP contribution is -2.25. The fraction of sp³-hybridized carbons (Fsp3) is 0.231. The Bertz CT molecular complexity index is 1120. The number of hydrogen-bond acceptors (Lipinski definition) is 1. The zero-order valence-electron chi connectivity index (χ0n) is 17.1. The van der Waals surface area contributed by atoms with Crippen molar-refractivity contribution in [1.29, 1.82) is 0 Å². The zero-order valence-corrected chi connectivity index (χ0v) is 17.9. The fourth-order valence-corrected chi connectivity index (χ4v) is 4.07. The van der Waals surface area contributed by atoms with E-state index in [4.69, 9.17) is 11.6 Å². The van der Waals surface area contributed by atoms with Gasteiger partial charge < -0.3 is 9.88 Å². The highest BCUT2D eigenvalue weighted by Gasteiger charge is 2.11. The molecular weight excluding hydrogens is 395 g/mol. The Labute approximate surface area is 182 Å². The van der Waals surface area contributed by atoms with E-state index >= 15 is 0 Å². The molecule has 4 heteroatoms. The maximum Gasteiger partial charge on any atom is 0.124 e. The first kappa shape index (κ1) is 20.6. The SMILES string of the molecule is C[C@@H](CCc1ccccc1)NCc1cn(Cc2ccc(F)cc2Cl)c2ccccc12. The smallest absolute Gasteiger partial charge is 0.124 e. The molecule has 0 saturated heterocycles. The lowest BCUT2D eigenvalue weighted by molar-refractivity contribution is 0.514. The first-order chi connectivity index (χ1) is 14.6. The van der Waals surface area contributed by atoms with E-state index in [2.05, 4.69) is 71.5 Å². The van der Waals surface area contributed by atoms with Crippen molar-refractivity contribution in [3.8, 4) is 0 Å². The van der Waals surface area contributed by atoms with Gasteiger partial charge in [-0.05, 0) is 54.7 Å². The van der Waals surface area contributed by atoms with E-state index in [0.29, 0.717) is 17.6 Å². The molecule has 0 saturated carbocycles. The van der Waals surface area contributed by atoms with E-state index in [1.54, 1.807) is 6.07 Å². The molecule has 2 nitrogen and oxygen atoms in total. The summed E-state index contributed by atoms with van der Waals surface area (Å²) in [5, 5.41) is 5.36. The number of fused-ring (bicyclic) bond motifs is 1. The van der Waals surface area contributed by atoms with E-state index in [1.807, 2.05) is 6.07 Å². The predicted molar refractivity (Wildman–Crippen MR) is 124 cm³/mol. The molecule has 0 spiro atoms. The van der Waals surface area contributed by atoms with Crippen LogP contribution in [-0.4, -0.2) is 10.6 Å². The lowest BCUT2D eigenvalue weighted by atomic mass is 10.1. The van der Waals surface area contributed by atoms with Gasteiger partial charge in [0.25, 0.3) is 0 Å². The second-order valence-corrected chi connectivity index (χ2v) is 8.25. The minimum atomic E-state index is -0.310. The maximum atomic E-state index is 13.4. The maximum absolute atomic E-state index is 13.4. The van der Waals surface area contributed by atoms with Gasteiger partial charge in [0, 0.05) is 41.3 Å². The molecule has 0 unspecified atom stereocenters. The summed E-state index contributed by atoms with van der Waals surface area (Å²) in [6.45, 7) is 3.66. The molecule has 1 aromatic heterocycles. The van der Waals surface area contributed by atoms with Gasteiger partial charge in [0.2, 0.25) is 0 Å². The summed E-state index contributed by atoms with van der Waals surface area (Å²) in [6, 6.07) is 24.0. The first-order valence-corrected chi connectivity index (χ1v) is 10.8. The molecule has 0 aliphatic heterocycles. The van der Waals surface area contributed by atoms with Crippen LogP contribution in [0.1, 0.15) is 30.0 Å². The molecule has 154 valence electrons. The molecule has 0 aliphatic carbocycles. The van der Waals surface area contributed by atoms with Crippen LogP contribution in [0.3, 0.4) is 0 Å². The van der Waals surface area contributed by atoms with Gasteiger partial charge in [0.15, 0.2) is 0 Å². The predicted octanol–water partition coefficient (Wildman–Crippen LogP) is 6.59. The molecule has 0 radical (unpaired) electrons. The molecule has 4 rings (SSSR count). The van der Waals surface area contributed by atoms with Crippen LogP contribution in [0.5, 0.6) is 0 Å². The molecule has 0 bridgehead atoms. The summed E-state index contributed by atoms with van der Waals surface area (Å²) < 4.78 is 15.6. The third-order valence-corrected chi connectivity index (χ3v) is 5.93. The molecule has 0 aliphatic rings. The molecule has 1 N–H and O–H groups in total. The van der Waals surface area contributed by atoms with Crippen molar-refractivity contribution in [3.05, 3.63) is 107 Å². The summed E-state index contributed by atoms with van der Waals surface area (Å²) in [5.41, 5.74) is 4.70. The van der Waals surface area contributed by atoms with Crippen LogP contribution in [0.4, 0.5) is 4.39 Å². The van der Waals surface area contributed by atoms with E-state index in [1.165, 1.54) is 28.6 Å². The molecule has 0 fully saturated rings. The molecule has 1 atom stereocenters. The summed E-state index contributed by atoms with van der Waals surface area (Å²) >= 11 is 6.26. The summed E-state index contributed by atoms with van der Waals surface area (Å²) in [4.78, 5) is 0. The number of hydrogen-bond donors (Lipinski definition) is 1. The Balaban J connectivity index is 1.46. The average Bonchev–Trinajstić information content (AvgIpc) is 3.11. The second-order valence-electron chi connectivity index (χ2n) is 7.84. The van der Waals surface area contributed by atoms with Crippen LogP contribution in [-0.2, 0) is 19.5 Å². The summed E-state index contributed by atoms with van der Waals surface area (Å²) in [5.74, 6) is -0.310. The van der Waals surface area contributed by atoms with Crippen molar-refractivity contribution in [2.24, 2.45) is 0 Å². The number of nitrogens with one attached hydrogen (secondary N) is 1. The van der Waals surface area contributed by atoms with Crippen molar-refractivity contribution in [1.82, 2.24) is 9.88 Å². The summed E-state index contributed by atoms with van der Waals surface area (Å²) in [6.07, 6.45) is 4.34. The van der Waals surface area contributed by atoms with Crippen molar-refractivity contribution in [2.75, 3.05) is 0 Å². The molecule has 30 heavy (non-hydrogen) atoms. The Morgan fingerprint density at radius 1 is 0.967 bits per heavy atom. The van der Waals surface area contributed by atoms with Gasteiger partial charge >= 0.3 is 0 Å². The number of benzene rings is 3. The molecular formula is C26H26ClFN2. The number of halogens is 2. The fourth-order valence-electron chi connectivity index (χ4n) is 3.84. The highest BCUT2D eigenvalue weighted by atomic mass is 35.5. The van der Waals surface area contributed by atoms with Crippen molar-refractivity contribution in [2.45, 2.75) is 38.9 Å². The number of nitrogens with zero attached hydrogens (tertiary/aromatic N) is 1. The molecule has 4 aromatic rings. The van der Waals surface area contributed by atoms with Gasteiger partial charge in [-0.3, -0.25) is 0 Å². The Morgan fingerprint density at radius 2 is 1.73 bits per heavy atom. The minimum Gasteiger partial charge on any atom is -0.343 e. The van der Waals surface area contributed by atoms with Gasteiger partial charge in [-0.15, -0.1) is 0 Å². The third kappa shape index (κ3) is 4.92. The van der Waals surface area contributed by atoms with E-state index in [0.717, 1.165) is 30.5 Å². The van der Waals surface area contributed by atoms with Gasteiger partial charge in [0.05, 0.1) is 0 Å². The number of para-hydroxylation sites is 1. The molecule has 0 amide bonds. The van der Waals surface area contributed by atoms with Crippen molar-refractivity contribution in [3.63, 3.8) is 0 Å². The molecule has 3 aromatic carbocycles. The lowest BCUT2D eigenvalue weighted by Gasteiger charge is -2.13.